The fourth-order valence-corrected chi connectivity index (χ4v) is 3.79. The Labute approximate surface area is 116 Å². The van der Waals surface area contributed by atoms with E-state index in [1.807, 2.05) is 0 Å². The van der Waals surface area contributed by atoms with E-state index in [1.165, 1.54) is 12.1 Å². The second kappa shape index (κ2) is 7.12. The summed E-state index contributed by atoms with van der Waals surface area (Å²) in [6.45, 7) is 4.16. The van der Waals surface area contributed by atoms with E-state index in [-0.39, 0.29) is 17.1 Å². The van der Waals surface area contributed by atoms with Crippen LogP contribution in [0.4, 0.5) is 4.39 Å². The summed E-state index contributed by atoms with van der Waals surface area (Å²) in [6, 6.07) is 6.20. The van der Waals surface area contributed by atoms with E-state index in [9.17, 15) is 8.60 Å². The molecule has 2 rings (SSSR count). The maximum atomic E-state index is 13.2. The molecule has 3 atom stereocenters. The molecule has 0 aromatic heterocycles. The van der Waals surface area contributed by atoms with Gasteiger partial charge in [0.25, 0.3) is 0 Å². The van der Waals surface area contributed by atoms with Gasteiger partial charge in [-0.15, -0.1) is 0 Å². The molecule has 0 amide bonds. The van der Waals surface area contributed by atoms with Crippen molar-refractivity contribution in [2.24, 2.45) is 0 Å². The van der Waals surface area contributed by atoms with Gasteiger partial charge in [0.15, 0.2) is 0 Å². The first-order valence-corrected chi connectivity index (χ1v) is 7.91. The van der Waals surface area contributed by atoms with Gasteiger partial charge in [-0.2, -0.15) is 0 Å². The summed E-state index contributed by atoms with van der Waals surface area (Å²) in [6.07, 6.45) is 1.89. The summed E-state index contributed by atoms with van der Waals surface area (Å²) in [5.74, 6) is -0.347. The summed E-state index contributed by atoms with van der Waals surface area (Å²) in [5, 5.41) is 3.31. The maximum Gasteiger partial charge on any atom is 0.124 e. The lowest BCUT2D eigenvalue weighted by Crippen LogP contribution is -2.48. The molecule has 5 heteroatoms. The Morgan fingerprint density at radius 1 is 1.53 bits per heavy atom. The van der Waals surface area contributed by atoms with Crippen molar-refractivity contribution in [2.75, 3.05) is 19.8 Å². The summed E-state index contributed by atoms with van der Waals surface area (Å²) >= 11 is 0. The molecule has 106 valence electrons. The minimum absolute atomic E-state index is 0.109. The number of hydrogen-bond donors (Lipinski definition) is 1. The van der Waals surface area contributed by atoms with Crippen LogP contribution in [0.15, 0.2) is 29.2 Å². The third kappa shape index (κ3) is 3.84. The lowest BCUT2D eigenvalue weighted by Gasteiger charge is -2.31. The fraction of sp³-hybridized carbons (Fsp3) is 0.571. The average Bonchev–Trinajstić information content (AvgIpc) is 2.44. The number of benzene rings is 1. The molecule has 3 nitrogen and oxygen atoms in total. The molecule has 19 heavy (non-hydrogen) atoms. The van der Waals surface area contributed by atoms with Crippen LogP contribution in [0.25, 0.3) is 0 Å². The molecule has 1 saturated heterocycles. The number of nitrogens with one attached hydrogen (secondary N) is 1. The van der Waals surface area contributed by atoms with Crippen molar-refractivity contribution in [3.8, 4) is 0 Å². The minimum Gasteiger partial charge on any atom is -0.380 e. The molecular weight excluding hydrogens is 265 g/mol. The van der Waals surface area contributed by atoms with Crippen LogP contribution in [0.5, 0.6) is 0 Å². The van der Waals surface area contributed by atoms with E-state index in [1.54, 1.807) is 12.1 Å². The van der Waals surface area contributed by atoms with Gasteiger partial charge in [-0.1, -0.05) is 13.0 Å². The van der Waals surface area contributed by atoms with Crippen molar-refractivity contribution in [1.29, 1.82) is 0 Å². The Kier molecular flexibility index (Phi) is 5.48. The van der Waals surface area contributed by atoms with Crippen molar-refractivity contribution >= 4 is 10.8 Å². The van der Waals surface area contributed by atoms with E-state index in [2.05, 4.69) is 12.2 Å². The Morgan fingerprint density at radius 2 is 2.37 bits per heavy atom. The first-order valence-electron chi connectivity index (χ1n) is 6.69. The van der Waals surface area contributed by atoms with Gasteiger partial charge in [0.05, 0.1) is 22.7 Å². The second-order valence-electron chi connectivity index (χ2n) is 4.72. The van der Waals surface area contributed by atoms with Crippen molar-refractivity contribution in [3.05, 3.63) is 30.1 Å². The van der Waals surface area contributed by atoms with Crippen LogP contribution < -0.4 is 5.32 Å². The van der Waals surface area contributed by atoms with E-state index in [0.29, 0.717) is 18.1 Å². The first-order chi connectivity index (χ1) is 9.22. The summed E-state index contributed by atoms with van der Waals surface area (Å²) in [7, 11) is -1.24. The molecular formula is C14H20FNO2S. The topological polar surface area (TPSA) is 38.3 Å². The van der Waals surface area contributed by atoms with Gasteiger partial charge in [-0.05, 0) is 37.6 Å². The molecule has 1 aromatic rings. The van der Waals surface area contributed by atoms with Gasteiger partial charge in [-0.3, -0.25) is 4.21 Å². The third-order valence-electron chi connectivity index (χ3n) is 3.26. The highest BCUT2D eigenvalue weighted by atomic mass is 32.2. The standard InChI is InChI=1S/C14H20FNO2S/c1-2-7-16-13-6-8-18-10-14(13)19(17)12-5-3-4-11(15)9-12/h3-5,9,13-14,16H,2,6-8,10H2,1H3. The first kappa shape index (κ1) is 14.6. The lowest BCUT2D eigenvalue weighted by atomic mass is 10.1. The van der Waals surface area contributed by atoms with Gasteiger partial charge in [-0.25, -0.2) is 4.39 Å². The Bertz CT molecular complexity index is 441. The zero-order chi connectivity index (χ0) is 13.7. The van der Waals surface area contributed by atoms with Gasteiger partial charge >= 0.3 is 0 Å². The monoisotopic (exact) mass is 285 g/mol. The molecule has 1 aliphatic rings. The number of ether oxygens (including phenoxy) is 1. The smallest absolute Gasteiger partial charge is 0.124 e. The lowest BCUT2D eigenvalue weighted by molar-refractivity contribution is 0.0820. The van der Waals surface area contributed by atoms with E-state index in [0.717, 1.165) is 19.4 Å². The van der Waals surface area contributed by atoms with Crippen LogP contribution in [-0.4, -0.2) is 35.3 Å². The molecule has 0 aliphatic carbocycles. The predicted octanol–water partition coefficient (Wildman–Crippen LogP) is 2.09. The van der Waals surface area contributed by atoms with E-state index in [4.69, 9.17) is 4.74 Å². The number of hydrogen-bond acceptors (Lipinski definition) is 3. The molecule has 0 bridgehead atoms. The molecule has 0 spiro atoms. The molecule has 1 aromatic carbocycles. The normalized spacial score (nSPS) is 25.2. The van der Waals surface area contributed by atoms with Gasteiger partial charge in [0.2, 0.25) is 0 Å². The van der Waals surface area contributed by atoms with Crippen LogP contribution >= 0.6 is 0 Å². The predicted molar refractivity (Wildman–Crippen MR) is 74.1 cm³/mol. The fourth-order valence-electron chi connectivity index (χ4n) is 2.25. The minimum atomic E-state index is -1.24. The SMILES string of the molecule is CCCNC1CCOCC1S(=O)c1cccc(F)c1. The van der Waals surface area contributed by atoms with Crippen molar-refractivity contribution < 1.29 is 13.3 Å². The van der Waals surface area contributed by atoms with Crippen LogP contribution in [0, 0.1) is 5.82 Å². The van der Waals surface area contributed by atoms with Crippen molar-refractivity contribution in [2.45, 2.75) is 36.0 Å². The van der Waals surface area contributed by atoms with E-state index < -0.39 is 10.8 Å². The van der Waals surface area contributed by atoms with Crippen LogP contribution in [0.2, 0.25) is 0 Å². The summed E-state index contributed by atoms with van der Waals surface area (Å²) in [4.78, 5) is 0.541. The Morgan fingerprint density at radius 3 is 3.11 bits per heavy atom. The Hall–Kier alpha value is -0.780. The highest BCUT2D eigenvalue weighted by Gasteiger charge is 2.31. The largest absolute Gasteiger partial charge is 0.380 e. The van der Waals surface area contributed by atoms with Crippen LogP contribution in [-0.2, 0) is 15.5 Å². The van der Waals surface area contributed by atoms with Gasteiger partial charge in [0, 0.05) is 17.5 Å². The molecule has 0 radical (unpaired) electrons. The second-order valence-corrected chi connectivity index (χ2v) is 6.39. The van der Waals surface area contributed by atoms with E-state index >= 15 is 0 Å². The Balaban J connectivity index is 2.10. The zero-order valence-corrected chi connectivity index (χ0v) is 11.9. The molecule has 1 N–H and O–H groups in total. The number of halogens is 1. The summed E-state index contributed by atoms with van der Waals surface area (Å²) in [5.41, 5.74) is 0. The van der Waals surface area contributed by atoms with Crippen LogP contribution in [0.3, 0.4) is 0 Å². The molecule has 0 saturated carbocycles. The van der Waals surface area contributed by atoms with Gasteiger partial charge < -0.3 is 10.1 Å². The molecule has 1 aliphatic heterocycles. The number of rotatable bonds is 5. The zero-order valence-electron chi connectivity index (χ0n) is 11.1. The highest BCUT2D eigenvalue weighted by molar-refractivity contribution is 7.85. The van der Waals surface area contributed by atoms with Crippen molar-refractivity contribution in [3.63, 3.8) is 0 Å². The maximum absolute atomic E-state index is 13.2. The summed E-state index contributed by atoms with van der Waals surface area (Å²) < 4.78 is 31.2. The quantitative estimate of drug-likeness (QED) is 0.900. The molecule has 1 fully saturated rings. The molecule has 3 unspecified atom stereocenters. The average molecular weight is 285 g/mol. The van der Waals surface area contributed by atoms with Crippen LogP contribution in [0.1, 0.15) is 19.8 Å². The highest BCUT2D eigenvalue weighted by Crippen LogP contribution is 2.20. The molecule has 1 heterocycles. The van der Waals surface area contributed by atoms with Crippen molar-refractivity contribution in [1.82, 2.24) is 5.32 Å². The third-order valence-corrected chi connectivity index (χ3v) is 5.00. The van der Waals surface area contributed by atoms with Gasteiger partial charge in [0.1, 0.15) is 5.82 Å².